The van der Waals surface area contributed by atoms with Crippen molar-refractivity contribution in [1.29, 1.82) is 0 Å². The zero-order valence-electron chi connectivity index (χ0n) is 24.8. The van der Waals surface area contributed by atoms with Gasteiger partial charge in [0, 0.05) is 64.3 Å². The SMILES string of the molecule is COc1cccc(C(=O)CC(c2ccc(Cl)cc2)c2ccc(C(CC(=O)c3cccc(OC)c3)c3ccc(Cl)cc3)n2C)c1. The lowest BCUT2D eigenvalue weighted by molar-refractivity contribution is 0.0970. The van der Waals surface area contributed by atoms with Crippen LogP contribution < -0.4 is 9.47 Å². The molecular weight excluding hydrogens is 593 g/mol. The summed E-state index contributed by atoms with van der Waals surface area (Å²) in [6.45, 7) is 0. The van der Waals surface area contributed by atoms with Gasteiger partial charge in [0.25, 0.3) is 0 Å². The minimum atomic E-state index is -0.260. The summed E-state index contributed by atoms with van der Waals surface area (Å²) in [6.07, 6.45) is 0.473. The van der Waals surface area contributed by atoms with E-state index >= 15 is 0 Å². The molecule has 0 aliphatic heterocycles. The minimum Gasteiger partial charge on any atom is -0.497 e. The molecule has 0 aliphatic carbocycles. The van der Waals surface area contributed by atoms with Crippen LogP contribution >= 0.6 is 23.2 Å². The Kier molecular flexibility index (Phi) is 9.89. The van der Waals surface area contributed by atoms with E-state index in [1.165, 1.54) is 0 Å². The first-order valence-corrected chi connectivity index (χ1v) is 15.0. The van der Waals surface area contributed by atoms with Crippen LogP contribution in [0.4, 0.5) is 0 Å². The smallest absolute Gasteiger partial charge is 0.164 e. The summed E-state index contributed by atoms with van der Waals surface area (Å²) < 4.78 is 12.8. The molecule has 2 atom stereocenters. The fourth-order valence-corrected chi connectivity index (χ4v) is 5.87. The van der Waals surface area contributed by atoms with Gasteiger partial charge in [0.2, 0.25) is 0 Å². The van der Waals surface area contributed by atoms with Gasteiger partial charge in [-0.25, -0.2) is 0 Å². The fraction of sp³-hybridized carbons (Fsp3) is 0.189. The molecule has 0 amide bonds. The van der Waals surface area contributed by atoms with Gasteiger partial charge in [-0.05, 0) is 71.8 Å². The Labute approximate surface area is 268 Å². The van der Waals surface area contributed by atoms with Crippen molar-refractivity contribution >= 4 is 34.8 Å². The Morgan fingerprint density at radius 3 is 1.36 bits per heavy atom. The molecule has 0 spiro atoms. The van der Waals surface area contributed by atoms with E-state index in [9.17, 15) is 9.59 Å². The van der Waals surface area contributed by atoms with Gasteiger partial charge in [-0.3, -0.25) is 9.59 Å². The number of nitrogens with zero attached hydrogens (tertiary/aromatic N) is 1. The first kappa shape index (κ1) is 31.1. The summed E-state index contributed by atoms with van der Waals surface area (Å²) >= 11 is 12.5. The average Bonchev–Trinajstić information content (AvgIpc) is 3.43. The van der Waals surface area contributed by atoms with Crippen LogP contribution in [0.2, 0.25) is 10.0 Å². The van der Waals surface area contributed by atoms with Gasteiger partial charge >= 0.3 is 0 Å². The number of halogens is 2. The third-order valence-corrected chi connectivity index (χ3v) is 8.52. The van der Waals surface area contributed by atoms with Gasteiger partial charge in [-0.15, -0.1) is 0 Å². The monoisotopic (exact) mass is 625 g/mol. The van der Waals surface area contributed by atoms with Crippen LogP contribution in [0.1, 0.15) is 67.9 Å². The Morgan fingerprint density at radius 2 is 1.00 bits per heavy atom. The molecule has 0 saturated carbocycles. The van der Waals surface area contributed by atoms with E-state index in [1.807, 2.05) is 92.0 Å². The maximum Gasteiger partial charge on any atom is 0.164 e. The van der Waals surface area contributed by atoms with Crippen LogP contribution in [0.25, 0.3) is 0 Å². The van der Waals surface area contributed by atoms with E-state index in [-0.39, 0.29) is 36.2 Å². The van der Waals surface area contributed by atoms with E-state index in [4.69, 9.17) is 32.7 Å². The first-order chi connectivity index (χ1) is 21.3. The number of hydrogen-bond acceptors (Lipinski definition) is 4. The highest BCUT2D eigenvalue weighted by Gasteiger charge is 2.27. The largest absolute Gasteiger partial charge is 0.497 e. The van der Waals surface area contributed by atoms with Crippen molar-refractivity contribution in [3.05, 3.63) is 153 Å². The molecule has 1 aromatic heterocycles. The molecule has 5 aromatic rings. The maximum absolute atomic E-state index is 13.6. The molecule has 5 rings (SSSR count). The third kappa shape index (κ3) is 7.07. The van der Waals surface area contributed by atoms with E-state index in [0.29, 0.717) is 32.7 Å². The predicted molar refractivity (Wildman–Crippen MR) is 176 cm³/mol. The second-order valence-electron chi connectivity index (χ2n) is 10.7. The molecule has 0 saturated heterocycles. The van der Waals surface area contributed by atoms with Crippen LogP contribution in [-0.2, 0) is 7.05 Å². The quantitative estimate of drug-likeness (QED) is 0.130. The molecule has 44 heavy (non-hydrogen) atoms. The van der Waals surface area contributed by atoms with Gasteiger partial charge in [-0.1, -0.05) is 71.7 Å². The van der Waals surface area contributed by atoms with Crippen molar-refractivity contribution in [3.63, 3.8) is 0 Å². The number of carbonyl (C=O) groups is 2. The van der Waals surface area contributed by atoms with Crippen LogP contribution in [-0.4, -0.2) is 30.4 Å². The summed E-state index contributed by atoms with van der Waals surface area (Å²) in [6, 6.07) is 33.7. The lowest BCUT2D eigenvalue weighted by Gasteiger charge is -2.23. The molecule has 5 nitrogen and oxygen atoms in total. The normalized spacial score (nSPS) is 12.4. The number of Topliss-reactive ketones (excluding diaryl/α,β-unsaturated/α-hetero) is 2. The number of carbonyl (C=O) groups excluding carboxylic acids is 2. The minimum absolute atomic E-state index is 0.00551. The average molecular weight is 627 g/mol. The highest BCUT2D eigenvalue weighted by atomic mass is 35.5. The number of rotatable bonds is 12. The zero-order valence-corrected chi connectivity index (χ0v) is 26.3. The van der Waals surface area contributed by atoms with Crippen LogP contribution in [0.5, 0.6) is 11.5 Å². The number of ether oxygens (including phenoxy) is 2. The van der Waals surface area contributed by atoms with Crippen molar-refractivity contribution in [2.75, 3.05) is 14.2 Å². The zero-order chi connectivity index (χ0) is 31.2. The van der Waals surface area contributed by atoms with Gasteiger partial charge in [-0.2, -0.15) is 0 Å². The van der Waals surface area contributed by atoms with Crippen LogP contribution in [0.3, 0.4) is 0 Å². The van der Waals surface area contributed by atoms with E-state index in [2.05, 4.69) is 4.57 Å². The number of methoxy groups -OCH3 is 2. The van der Waals surface area contributed by atoms with Crippen molar-refractivity contribution in [3.8, 4) is 11.5 Å². The molecule has 2 unspecified atom stereocenters. The van der Waals surface area contributed by atoms with Crippen LogP contribution in [0, 0.1) is 0 Å². The highest BCUT2D eigenvalue weighted by Crippen LogP contribution is 2.37. The van der Waals surface area contributed by atoms with Crippen molar-refractivity contribution in [2.24, 2.45) is 7.05 Å². The molecule has 1 heterocycles. The van der Waals surface area contributed by atoms with Crippen molar-refractivity contribution < 1.29 is 19.1 Å². The van der Waals surface area contributed by atoms with E-state index < -0.39 is 0 Å². The summed E-state index contributed by atoms with van der Waals surface area (Å²) in [7, 11) is 5.16. The molecule has 224 valence electrons. The Balaban J connectivity index is 1.54. The van der Waals surface area contributed by atoms with Gasteiger partial charge in [0.15, 0.2) is 11.6 Å². The molecule has 0 bridgehead atoms. The number of hydrogen-bond donors (Lipinski definition) is 0. The summed E-state index contributed by atoms with van der Waals surface area (Å²) in [5, 5.41) is 1.25. The number of aromatic nitrogens is 1. The lowest BCUT2D eigenvalue weighted by Crippen LogP contribution is -2.16. The molecule has 4 aromatic carbocycles. The lowest BCUT2D eigenvalue weighted by atomic mass is 9.88. The fourth-order valence-electron chi connectivity index (χ4n) is 5.62. The van der Waals surface area contributed by atoms with Crippen LogP contribution in [0.15, 0.2) is 109 Å². The Bertz CT molecular complexity index is 1630. The Hall–Kier alpha value is -4.32. The number of benzene rings is 4. The topological polar surface area (TPSA) is 57.5 Å². The second kappa shape index (κ2) is 14.0. The van der Waals surface area contributed by atoms with E-state index in [1.54, 1.807) is 38.5 Å². The maximum atomic E-state index is 13.6. The standard InChI is InChI=1S/C37H33Cl2NO4/c1-40-34(32(24-10-14-28(38)15-11-24)22-36(41)26-6-4-8-30(20-26)43-2)18-19-35(40)33(25-12-16-29(39)17-13-25)23-37(42)27-7-5-9-31(21-27)44-3/h4-21,32-33H,22-23H2,1-3H3. The summed E-state index contributed by atoms with van der Waals surface area (Å²) in [5.74, 6) is 0.732. The number of ketones is 2. The van der Waals surface area contributed by atoms with Crippen molar-refractivity contribution in [1.82, 2.24) is 4.57 Å². The summed E-state index contributed by atoms with van der Waals surface area (Å²) in [5.41, 5.74) is 5.00. The summed E-state index contributed by atoms with van der Waals surface area (Å²) in [4.78, 5) is 27.3. The Morgan fingerprint density at radius 1 is 0.614 bits per heavy atom. The molecule has 7 heteroatoms. The molecule has 0 aliphatic rings. The molecule has 0 N–H and O–H groups in total. The van der Waals surface area contributed by atoms with Gasteiger partial charge < -0.3 is 14.0 Å². The third-order valence-electron chi connectivity index (χ3n) is 8.02. The predicted octanol–water partition coefficient (Wildman–Crippen LogP) is 9.16. The first-order valence-electron chi connectivity index (χ1n) is 14.3. The van der Waals surface area contributed by atoms with Crippen molar-refractivity contribution in [2.45, 2.75) is 24.7 Å². The highest BCUT2D eigenvalue weighted by molar-refractivity contribution is 6.30. The molecule has 0 radical (unpaired) electrons. The van der Waals surface area contributed by atoms with E-state index in [0.717, 1.165) is 22.5 Å². The van der Waals surface area contributed by atoms with Gasteiger partial charge in [0.05, 0.1) is 14.2 Å². The second-order valence-corrected chi connectivity index (χ2v) is 11.5. The molecule has 0 fully saturated rings. The van der Waals surface area contributed by atoms with Gasteiger partial charge in [0.1, 0.15) is 11.5 Å². The molecular formula is C37H33Cl2NO4.